The normalized spacial score (nSPS) is 10.4. The van der Waals surface area contributed by atoms with E-state index in [1.165, 1.54) is 11.3 Å². The van der Waals surface area contributed by atoms with E-state index in [1.807, 2.05) is 19.1 Å². The molecule has 0 N–H and O–H groups in total. The summed E-state index contributed by atoms with van der Waals surface area (Å²) in [6.45, 7) is 1.96. The molecule has 1 aromatic carbocycles. The predicted molar refractivity (Wildman–Crippen MR) is 65.1 cm³/mol. The van der Waals surface area contributed by atoms with E-state index in [9.17, 15) is 4.79 Å². The third-order valence-corrected chi connectivity index (χ3v) is 3.64. The molecule has 0 bridgehead atoms. The van der Waals surface area contributed by atoms with Crippen molar-refractivity contribution in [3.05, 3.63) is 22.6 Å². The van der Waals surface area contributed by atoms with Crippen LogP contribution in [0.15, 0.2) is 12.1 Å². The summed E-state index contributed by atoms with van der Waals surface area (Å²) in [5, 5.41) is 0.967. The van der Waals surface area contributed by atoms with E-state index in [1.54, 1.807) is 14.2 Å². The van der Waals surface area contributed by atoms with Crippen LogP contribution < -0.4 is 9.47 Å². The molecule has 0 saturated heterocycles. The summed E-state index contributed by atoms with van der Waals surface area (Å²) in [6, 6.07) is 3.85. The van der Waals surface area contributed by atoms with Gasteiger partial charge in [-0.1, -0.05) is 0 Å². The van der Waals surface area contributed by atoms with Crippen molar-refractivity contribution in [3.63, 3.8) is 0 Å². The number of rotatable bonds is 3. The average molecular weight is 236 g/mol. The van der Waals surface area contributed by atoms with Crippen LogP contribution in [0.3, 0.4) is 0 Å². The van der Waals surface area contributed by atoms with Crippen LogP contribution in [0, 0.1) is 6.92 Å². The zero-order valence-corrected chi connectivity index (χ0v) is 10.2. The van der Waals surface area contributed by atoms with Crippen LogP contribution in [-0.4, -0.2) is 20.5 Å². The van der Waals surface area contributed by atoms with Crippen LogP contribution in [0.4, 0.5) is 0 Å². The molecule has 0 aliphatic rings. The zero-order valence-electron chi connectivity index (χ0n) is 9.37. The van der Waals surface area contributed by atoms with Gasteiger partial charge in [-0.25, -0.2) is 0 Å². The lowest BCUT2D eigenvalue weighted by Gasteiger charge is -2.06. The molecule has 3 nitrogen and oxygen atoms in total. The Balaban J connectivity index is 2.84. The van der Waals surface area contributed by atoms with Gasteiger partial charge in [0.2, 0.25) is 0 Å². The quantitative estimate of drug-likeness (QED) is 0.768. The van der Waals surface area contributed by atoms with E-state index in [0.29, 0.717) is 10.6 Å². The van der Waals surface area contributed by atoms with Crippen LogP contribution in [0.5, 0.6) is 11.5 Å². The van der Waals surface area contributed by atoms with E-state index in [-0.39, 0.29) is 0 Å². The highest BCUT2D eigenvalue weighted by molar-refractivity contribution is 7.21. The second kappa shape index (κ2) is 4.14. The summed E-state index contributed by atoms with van der Waals surface area (Å²) < 4.78 is 11.6. The molecule has 0 aliphatic heterocycles. The number of hydrogen-bond acceptors (Lipinski definition) is 4. The average Bonchev–Trinajstić information content (AvgIpc) is 2.68. The van der Waals surface area contributed by atoms with Crippen LogP contribution >= 0.6 is 11.3 Å². The van der Waals surface area contributed by atoms with Crippen molar-refractivity contribution in [2.24, 2.45) is 0 Å². The Bertz CT molecular complexity index is 543. The zero-order chi connectivity index (χ0) is 11.7. The fourth-order valence-corrected chi connectivity index (χ4v) is 2.87. The first kappa shape index (κ1) is 11.0. The third-order valence-electron chi connectivity index (χ3n) is 2.58. The van der Waals surface area contributed by atoms with Crippen molar-refractivity contribution < 1.29 is 14.3 Å². The van der Waals surface area contributed by atoms with Crippen molar-refractivity contribution >= 4 is 27.7 Å². The maximum absolute atomic E-state index is 10.9. The van der Waals surface area contributed by atoms with Crippen LogP contribution in [0.25, 0.3) is 10.1 Å². The van der Waals surface area contributed by atoms with Gasteiger partial charge in [0.05, 0.1) is 14.2 Å². The maximum atomic E-state index is 10.9. The summed E-state index contributed by atoms with van der Waals surface area (Å²) >= 11 is 1.43. The minimum Gasteiger partial charge on any atom is -0.496 e. The summed E-state index contributed by atoms with van der Waals surface area (Å²) in [7, 11) is 3.21. The molecule has 4 heteroatoms. The van der Waals surface area contributed by atoms with Gasteiger partial charge in [-0.2, -0.15) is 0 Å². The molecular weight excluding hydrogens is 224 g/mol. The maximum Gasteiger partial charge on any atom is 0.163 e. The number of methoxy groups -OCH3 is 2. The highest BCUT2D eigenvalue weighted by Crippen LogP contribution is 2.41. The van der Waals surface area contributed by atoms with E-state index in [2.05, 4.69) is 0 Å². The molecule has 0 radical (unpaired) electrons. The molecule has 2 rings (SSSR count). The lowest BCUT2D eigenvalue weighted by molar-refractivity contribution is 0.112. The summed E-state index contributed by atoms with van der Waals surface area (Å²) in [6.07, 6.45) is 0.829. The standard InChI is InChI=1S/C12H12O3S/c1-7-8(14-2)4-5-9-11(7)12(15-3)10(6-13)16-9/h4-6H,1-3H3. The lowest BCUT2D eigenvalue weighted by atomic mass is 10.1. The van der Waals surface area contributed by atoms with Gasteiger partial charge in [-0.15, -0.1) is 11.3 Å². The molecule has 0 unspecified atom stereocenters. The van der Waals surface area contributed by atoms with Gasteiger partial charge in [0, 0.05) is 15.6 Å². The number of fused-ring (bicyclic) bond motifs is 1. The molecule has 16 heavy (non-hydrogen) atoms. The molecule has 1 heterocycles. The van der Waals surface area contributed by atoms with Gasteiger partial charge < -0.3 is 9.47 Å². The largest absolute Gasteiger partial charge is 0.496 e. The number of ether oxygens (including phenoxy) is 2. The Morgan fingerprint density at radius 3 is 2.56 bits per heavy atom. The Hall–Kier alpha value is -1.55. The molecule has 0 aliphatic carbocycles. The van der Waals surface area contributed by atoms with Crippen molar-refractivity contribution in [3.8, 4) is 11.5 Å². The molecule has 0 atom stereocenters. The van der Waals surface area contributed by atoms with Crippen LogP contribution in [0.1, 0.15) is 15.2 Å². The van der Waals surface area contributed by atoms with Gasteiger partial charge in [0.25, 0.3) is 0 Å². The van der Waals surface area contributed by atoms with Gasteiger partial charge in [-0.3, -0.25) is 4.79 Å². The minimum atomic E-state index is 0.619. The topological polar surface area (TPSA) is 35.5 Å². The van der Waals surface area contributed by atoms with Crippen molar-refractivity contribution in [1.82, 2.24) is 0 Å². The van der Waals surface area contributed by atoms with Crippen molar-refractivity contribution in [2.45, 2.75) is 6.92 Å². The lowest BCUT2D eigenvalue weighted by Crippen LogP contribution is -1.89. The van der Waals surface area contributed by atoms with Gasteiger partial charge in [-0.05, 0) is 19.1 Å². The number of thiophene rings is 1. The SMILES string of the molecule is COc1ccc2sc(C=O)c(OC)c2c1C. The Labute approximate surface area is 97.6 Å². The van der Waals surface area contributed by atoms with Crippen LogP contribution in [0.2, 0.25) is 0 Å². The smallest absolute Gasteiger partial charge is 0.163 e. The Morgan fingerprint density at radius 2 is 2.00 bits per heavy atom. The van der Waals surface area contributed by atoms with Gasteiger partial charge >= 0.3 is 0 Å². The highest BCUT2D eigenvalue weighted by atomic mass is 32.1. The number of aldehydes is 1. The number of carbonyl (C=O) groups is 1. The Morgan fingerprint density at radius 1 is 1.25 bits per heavy atom. The number of carbonyl (C=O) groups excluding carboxylic acids is 1. The minimum absolute atomic E-state index is 0.619. The molecule has 1 aromatic heterocycles. The fraction of sp³-hybridized carbons (Fsp3) is 0.250. The first-order valence-electron chi connectivity index (χ1n) is 4.82. The Kier molecular flexibility index (Phi) is 2.83. The molecule has 0 amide bonds. The second-order valence-corrected chi connectivity index (χ2v) is 4.47. The van der Waals surface area contributed by atoms with Gasteiger partial charge in [0.15, 0.2) is 6.29 Å². The molecule has 0 spiro atoms. The first-order chi connectivity index (χ1) is 7.72. The molecule has 0 saturated carbocycles. The predicted octanol–water partition coefficient (Wildman–Crippen LogP) is 3.04. The third kappa shape index (κ3) is 1.46. The van der Waals surface area contributed by atoms with Crippen molar-refractivity contribution in [1.29, 1.82) is 0 Å². The summed E-state index contributed by atoms with van der Waals surface area (Å²) in [4.78, 5) is 11.5. The van der Waals surface area contributed by atoms with Gasteiger partial charge in [0.1, 0.15) is 16.4 Å². The first-order valence-corrected chi connectivity index (χ1v) is 5.63. The monoisotopic (exact) mass is 236 g/mol. The van der Waals surface area contributed by atoms with E-state index in [4.69, 9.17) is 9.47 Å². The van der Waals surface area contributed by atoms with E-state index < -0.39 is 0 Å². The van der Waals surface area contributed by atoms with Crippen molar-refractivity contribution in [2.75, 3.05) is 14.2 Å². The second-order valence-electron chi connectivity index (χ2n) is 3.38. The molecule has 0 fully saturated rings. The highest BCUT2D eigenvalue weighted by Gasteiger charge is 2.16. The number of hydrogen-bond donors (Lipinski definition) is 0. The number of benzene rings is 1. The fourth-order valence-electron chi connectivity index (χ4n) is 1.82. The van der Waals surface area contributed by atoms with E-state index >= 15 is 0 Å². The van der Waals surface area contributed by atoms with Crippen LogP contribution in [-0.2, 0) is 0 Å². The molecule has 2 aromatic rings. The molecule has 84 valence electrons. The summed E-state index contributed by atoms with van der Waals surface area (Å²) in [5.41, 5.74) is 1.00. The summed E-state index contributed by atoms with van der Waals surface area (Å²) in [5.74, 6) is 1.45. The van der Waals surface area contributed by atoms with E-state index in [0.717, 1.165) is 27.7 Å². The molecular formula is C12H12O3S. The number of aryl methyl sites for hydroxylation is 1.